The van der Waals surface area contributed by atoms with Crippen molar-refractivity contribution in [1.29, 1.82) is 0 Å². The number of nitrogens with zero attached hydrogens (tertiary/aromatic N) is 4. The van der Waals surface area contributed by atoms with Gasteiger partial charge < -0.3 is 19.7 Å². The van der Waals surface area contributed by atoms with E-state index in [2.05, 4.69) is 27.7 Å². The van der Waals surface area contributed by atoms with Crippen molar-refractivity contribution < 1.29 is 29.3 Å². The van der Waals surface area contributed by atoms with Crippen LogP contribution in [0.25, 0.3) is 22.3 Å². The van der Waals surface area contributed by atoms with E-state index in [1.54, 1.807) is 49.1 Å². The molecular formula is C52H64N4O8. The highest BCUT2D eigenvalue weighted by atomic mass is 16.7. The normalized spacial score (nSPS) is 11.2. The molecule has 0 aliphatic rings. The summed E-state index contributed by atoms with van der Waals surface area (Å²) in [7, 11) is 3.17. The molecule has 2 heterocycles. The highest BCUT2D eigenvalue weighted by Gasteiger charge is 2.26. The molecule has 0 spiro atoms. The number of carboxylic acid groups (broad SMARTS) is 2. The number of rotatable bonds is 21. The van der Waals surface area contributed by atoms with Gasteiger partial charge in [0.2, 0.25) is 0 Å². The van der Waals surface area contributed by atoms with Crippen LogP contribution in [0.15, 0.2) is 107 Å². The van der Waals surface area contributed by atoms with Gasteiger partial charge in [-0.3, -0.25) is 18.3 Å². The van der Waals surface area contributed by atoms with Crippen LogP contribution in [0.2, 0.25) is 0 Å². The Labute approximate surface area is 376 Å². The first kappa shape index (κ1) is 48.8. The molecule has 6 aromatic rings. The Morgan fingerprint density at radius 2 is 0.953 bits per heavy atom. The van der Waals surface area contributed by atoms with Crippen molar-refractivity contribution in [2.75, 3.05) is 14.2 Å². The number of carboxylic acids is 2. The highest BCUT2D eigenvalue weighted by molar-refractivity contribution is 5.96. The lowest BCUT2D eigenvalue weighted by molar-refractivity contribution is -0.111. The van der Waals surface area contributed by atoms with E-state index in [4.69, 9.17) is 9.47 Å². The zero-order valence-corrected chi connectivity index (χ0v) is 38.4. The monoisotopic (exact) mass is 872 g/mol. The van der Waals surface area contributed by atoms with Crippen LogP contribution >= 0.6 is 0 Å². The number of carbonyl (C=O) groups is 2. The second-order valence-corrected chi connectivity index (χ2v) is 16.0. The maximum absolute atomic E-state index is 13.5. The van der Waals surface area contributed by atoms with Crippen LogP contribution in [0.4, 0.5) is 0 Å². The molecule has 2 N–H and O–H groups in total. The van der Waals surface area contributed by atoms with Crippen LogP contribution in [0, 0.1) is 6.92 Å². The van der Waals surface area contributed by atoms with Crippen molar-refractivity contribution in [3.05, 3.63) is 163 Å². The molecule has 0 aliphatic heterocycles. The summed E-state index contributed by atoms with van der Waals surface area (Å²) in [5.41, 5.74) is 9.48. The number of imidazole rings is 2. The quantitative estimate of drug-likeness (QED) is 0.0680. The Hall–Kier alpha value is -6.24. The van der Waals surface area contributed by atoms with Crippen molar-refractivity contribution >= 4 is 11.9 Å². The van der Waals surface area contributed by atoms with Crippen LogP contribution in [0.3, 0.4) is 0 Å². The summed E-state index contributed by atoms with van der Waals surface area (Å²) >= 11 is 0. The van der Waals surface area contributed by atoms with Gasteiger partial charge in [-0.05, 0) is 78.1 Å². The second kappa shape index (κ2) is 23.4. The maximum Gasteiger partial charge on any atom is 0.336 e. The fraction of sp³-hybridized carbons (Fsp3) is 0.385. The molecular weight excluding hydrogens is 809 g/mol. The number of aromatic carboxylic acids is 2. The topological polar surface area (TPSA) is 147 Å². The minimum atomic E-state index is -0.956. The largest absolute Gasteiger partial charge is 0.478 e. The Bertz CT molecular complexity index is 2590. The molecule has 0 saturated heterocycles. The fourth-order valence-corrected chi connectivity index (χ4v) is 8.27. The molecule has 340 valence electrons. The number of hydrogen-bond donors (Lipinski definition) is 2. The third-order valence-corrected chi connectivity index (χ3v) is 11.6. The summed E-state index contributed by atoms with van der Waals surface area (Å²) in [4.78, 5) is 49.7. The second-order valence-electron chi connectivity index (χ2n) is 16.0. The summed E-state index contributed by atoms with van der Waals surface area (Å²) in [5.74, 6) is -1.89. The molecule has 0 saturated carbocycles. The Morgan fingerprint density at radius 1 is 0.547 bits per heavy atom. The maximum atomic E-state index is 13.5. The molecule has 0 unspecified atom stereocenters. The van der Waals surface area contributed by atoms with Gasteiger partial charge in [-0.15, -0.1) is 0 Å². The lowest BCUT2D eigenvalue weighted by atomic mass is 9.99. The first-order chi connectivity index (χ1) is 30.9. The van der Waals surface area contributed by atoms with Gasteiger partial charge in [0.05, 0.1) is 29.9 Å². The lowest BCUT2D eigenvalue weighted by Gasteiger charge is -2.18. The van der Waals surface area contributed by atoms with Crippen LogP contribution in [0.1, 0.15) is 127 Å². The highest BCUT2D eigenvalue weighted by Crippen LogP contribution is 2.28. The standard InChI is InChI=1S/C27H34N2O5.C25H30N2O3/c1-5-7-17-28-24(26(33-3)34-4)23(10-6-2)29(27(28)32)18-19-13-15-20(16-14-19)21-11-8-9-12-22(21)25(30)31;1-4-6-16-26-18(3)23(9-5-2)27(25(26)30)17-19-12-14-20(15-13-19)21-10-7-8-11-22(21)24(28)29/h8-9,11-16,26H,5-7,10,17-18H2,1-4H3,(H,30,31);7-8,10-15H,4-6,9,16-17H2,1-3H3,(H,28,29). The van der Waals surface area contributed by atoms with Gasteiger partial charge in [0.25, 0.3) is 0 Å². The van der Waals surface area contributed by atoms with E-state index in [1.807, 2.05) is 87.4 Å². The fourth-order valence-electron chi connectivity index (χ4n) is 8.27. The molecule has 12 heteroatoms. The van der Waals surface area contributed by atoms with Crippen LogP contribution in [0.5, 0.6) is 0 Å². The average molecular weight is 873 g/mol. The zero-order valence-electron chi connectivity index (χ0n) is 38.4. The molecule has 0 atom stereocenters. The van der Waals surface area contributed by atoms with E-state index in [-0.39, 0.29) is 22.5 Å². The third-order valence-electron chi connectivity index (χ3n) is 11.6. The van der Waals surface area contributed by atoms with Crippen molar-refractivity contribution in [2.45, 2.75) is 118 Å². The molecule has 0 fully saturated rings. The molecule has 12 nitrogen and oxygen atoms in total. The Morgan fingerprint density at radius 3 is 1.38 bits per heavy atom. The Kier molecular flexibility index (Phi) is 17.9. The van der Waals surface area contributed by atoms with E-state index < -0.39 is 18.2 Å². The molecule has 64 heavy (non-hydrogen) atoms. The molecule has 4 aromatic carbocycles. The predicted molar refractivity (Wildman–Crippen MR) is 253 cm³/mol. The van der Waals surface area contributed by atoms with Gasteiger partial charge in [0, 0.05) is 44.4 Å². The molecule has 0 amide bonds. The summed E-state index contributed by atoms with van der Waals surface area (Å²) in [6.45, 7) is 12.8. The summed E-state index contributed by atoms with van der Waals surface area (Å²) < 4.78 is 18.5. The van der Waals surface area contributed by atoms with E-state index in [0.717, 1.165) is 103 Å². The summed E-state index contributed by atoms with van der Waals surface area (Å²) in [5, 5.41) is 18.9. The van der Waals surface area contributed by atoms with E-state index in [1.165, 1.54) is 0 Å². The SMILES string of the molecule is CCCCn1c(C(OC)OC)c(CCC)n(Cc2ccc(-c3ccccc3C(=O)O)cc2)c1=O.CCCCn1c(C)c(CCC)n(Cc2ccc(-c3ccccc3C(=O)O)cc2)c1=O. The third kappa shape index (κ3) is 11.3. The van der Waals surface area contributed by atoms with Crippen LogP contribution in [-0.4, -0.2) is 54.6 Å². The van der Waals surface area contributed by atoms with Crippen molar-refractivity contribution in [3.8, 4) is 22.3 Å². The van der Waals surface area contributed by atoms with Crippen molar-refractivity contribution in [3.63, 3.8) is 0 Å². The number of ether oxygens (including phenoxy) is 2. The van der Waals surface area contributed by atoms with Gasteiger partial charge in [0.1, 0.15) is 0 Å². The molecule has 0 radical (unpaired) electrons. The minimum Gasteiger partial charge on any atom is -0.478 e. The van der Waals surface area contributed by atoms with Gasteiger partial charge in [-0.25, -0.2) is 19.2 Å². The molecule has 2 aromatic heterocycles. The smallest absolute Gasteiger partial charge is 0.336 e. The number of aromatic nitrogens is 4. The van der Waals surface area contributed by atoms with Crippen molar-refractivity contribution in [1.82, 2.24) is 18.3 Å². The lowest BCUT2D eigenvalue weighted by Crippen LogP contribution is -2.26. The first-order valence-corrected chi connectivity index (χ1v) is 22.4. The van der Waals surface area contributed by atoms with Crippen molar-refractivity contribution in [2.24, 2.45) is 0 Å². The van der Waals surface area contributed by atoms with Crippen LogP contribution in [-0.2, 0) is 48.5 Å². The van der Waals surface area contributed by atoms with E-state index in [0.29, 0.717) is 30.8 Å². The molecule has 0 aliphatic carbocycles. The van der Waals surface area contributed by atoms with Gasteiger partial charge in [0.15, 0.2) is 6.29 Å². The van der Waals surface area contributed by atoms with Gasteiger partial charge >= 0.3 is 23.3 Å². The summed E-state index contributed by atoms with van der Waals surface area (Å²) in [6, 6.07) is 29.5. The Balaban J connectivity index is 0.000000243. The first-order valence-electron chi connectivity index (χ1n) is 22.4. The van der Waals surface area contributed by atoms with Gasteiger partial charge in [-0.2, -0.15) is 0 Å². The number of hydrogen-bond acceptors (Lipinski definition) is 6. The summed E-state index contributed by atoms with van der Waals surface area (Å²) in [6.07, 6.45) is 6.79. The number of benzene rings is 4. The van der Waals surface area contributed by atoms with Gasteiger partial charge in [-0.1, -0.05) is 138 Å². The number of unbranched alkanes of at least 4 members (excludes halogenated alkanes) is 2. The molecule has 0 bridgehead atoms. The predicted octanol–water partition coefficient (Wildman–Crippen LogP) is 10.2. The molecule has 6 rings (SSSR count). The van der Waals surface area contributed by atoms with Crippen LogP contribution < -0.4 is 11.4 Å². The average Bonchev–Trinajstić information content (AvgIpc) is 3.68. The minimum absolute atomic E-state index is 0.0599. The van der Waals surface area contributed by atoms with E-state index >= 15 is 0 Å². The van der Waals surface area contributed by atoms with E-state index in [9.17, 15) is 29.4 Å². The number of methoxy groups -OCH3 is 2. The zero-order chi connectivity index (χ0) is 46.3.